The lowest BCUT2D eigenvalue weighted by atomic mass is 9.62. The number of nitrogens with zero attached hydrogens (tertiary/aromatic N) is 1. The number of Topliss-reactive ketones (excluding diaryl/α,β-unsaturated/α-hetero) is 2. The summed E-state index contributed by atoms with van der Waals surface area (Å²) in [7, 11) is 0. The number of fused-ring (bicyclic) bond motifs is 6. The maximum Gasteiger partial charge on any atom is 0.238 e. The SMILES string of the molecule is CCOc1ccccc1C(=O)[C@@H]1[C@H](C(=O)c2ccc(Cl)cc2)N2C=Cc3ccccc3[C@H]2[C@@]12C(=O)Nc1ccccc12. The largest absolute Gasteiger partial charge is 0.493 e. The number of ketones is 2. The molecule has 0 radical (unpaired) electrons. The van der Waals surface area contributed by atoms with Crippen LogP contribution in [0, 0.1) is 5.92 Å². The zero-order valence-corrected chi connectivity index (χ0v) is 23.5. The van der Waals surface area contributed by atoms with Gasteiger partial charge < -0.3 is 15.0 Å². The molecular weight excluding hydrogens is 548 g/mol. The van der Waals surface area contributed by atoms with E-state index in [1.807, 2.05) is 78.7 Å². The minimum absolute atomic E-state index is 0.262. The monoisotopic (exact) mass is 574 g/mol. The highest BCUT2D eigenvalue weighted by molar-refractivity contribution is 6.30. The van der Waals surface area contributed by atoms with Crippen molar-refractivity contribution in [3.63, 3.8) is 0 Å². The van der Waals surface area contributed by atoms with Crippen molar-refractivity contribution in [2.75, 3.05) is 11.9 Å². The van der Waals surface area contributed by atoms with E-state index in [9.17, 15) is 9.59 Å². The van der Waals surface area contributed by atoms with Crippen molar-refractivity contribution >= 4 is 40.8 Å². The summed E-state index contributed by atoms with van der Waals surface area (Å²) in [6, 6.07) is 27.4. The number of hydrogen-bond donors (Lipinski definition) is 1. The molecule has 4 aromatic rings. The quantitative estimate of drug-likeness (QED) is 0.259. The van der Waals surface area contributed by atoms with E-state index in [4.69, 9.17) is 16.3 Å². The number of hydrogen-bond acceptors (Lipinski definition) is 5. The highest BCUT2D eigenvalue weighted by atomic mass is 35.5. The van der Waals surface area contributed by atoms with Crippen molar-refractivity contribution < 1.29 is 19.1 Å². The highest BCUT2D eigenvalue weighted by Crippen LogP contribution is 2.62. The molecule has 208 valence electrons. The maximum atomic E-state index is 15.0. The highest BCUT2D eigenvalue weighted by Gasteiger charge is 2.70. The fourth-order valence-corrected chi connectivity index (χ4v) is 7.20. The second-order valence-corrected chi connectivity index (χ2v) is 11.2. The summed E-state index contributed by atoms with van der Waals surface area (Å²) in [5.74, 6) is -1.54. The molecule has 6 nitrogen and oxygen atoms in total. The Hall–Kier alpha value is -4.68. The lowest BCUT2D eigenvalue weighted by Crippen LogP contribution is -2.49. The summed E-state index contributed by atoms with van der Waals surface area (Å²) in [6.45, 7) is 2.22. The van der Waals surface area contributed by atoms with Crippen LogP contribution in [0.1, 0.15) is 50.4 Å². The molecule has 0 saturated carbocycles. The molecule has 7 rings (SSSR count). The number of nitrogens with one attached hydrogen (secondary N) is 1. The van der Waals surface area contributed by atoms with E-state index >= 15 is 4.79 Å². The van der Waals surface area contributed by atoms with Gasteiger partial charge in [0, 0.05) is 22.5 Å². The number of carbonyl (C=O) groups excluding carboxylic acids is 3. The first-order valence-electron chi connectivity index (χ1n) is 14.0. The Morgan fingerprint density at radius 1 is 0.905 bits per heavy atom. The molecule has 1 fully saturated rings. The molecule has 4 atom stereocenters. The van der Waals surface area contributed by atoms with Gasteiger partial charge in [0.2, 0.25) is 5.91 Å². The molecule has 0 bridgehead atoms. The fourth-order valence-electron chi connectivity index (χ4n) is 7.07. The lowest BCUT2D eigenvalue weighted by Gasteiger charge is -2.38. The average Bonchev–Trinajstić information content (AvgIpc) is 3.49. The summed E-state index contributed by atoms with van der Waals surface area (Å²) in [4.78, 5) is 46.1. The zero-order valence-electron chi connectivity index (χ0n) is 22.8. The van der Waals surface area contributed by atoms with Crippen LogP contribution in [0.2, 0.25) is 5.02 Å². The van der Waals surface area contributed by atoms with Crippen LogP contribution in [0.5, 0.6) is 5.75 Å². The van der Waals surface area contributed by atoms with Crippen molar-refractivity contribution in [3.05, 3.63) is 136 Å². The molecule has 1 amide bonds. The van der Waals surface area contributed by atoms with Crippen LogP contribution in [0.25, 0.3) is 6.08 Å². The van der Waals surface area contributed by atoms with E-state index in [0.717, 1.165) is 11.1 Å². The summed E-state index contributed by atoms with van der Waals surface area (Å²) >= 11 is 6.17. The van der Waals surface area contributed by atoms with Crippen LogP contribution < -0.4 is 10.1 Å². The Bertz CT molecular complexity index is 1780. The molecule has 7 heteroatoms. The van der Waals surface area contributed by atoms with Crippen LogP contribution in [0.15, 0.2) is 103 Å². The van der Waals surface area contributed by atoms with Crippen LogP contribution in [-0.2, 0) is 10.2 Å². The van der Waals surface area contributed by atoms with Crippen LogP contribution >= 0.6 is 11.6 Å². The van der Waals surface area contributed by atoms with Crippen molar-refractivity contribution in [1.82, 2.24) is 4.90 Å². The zero-order chi connectivity index (χ0) is 29.0. The molecule has 0 aromatic heterocycles. The Balaban J connectivity index is 1.54. The molecule has 3 aliphatic rings. The summed E-state index contributed by atoms with van der Waals surface area (Å²) < 4.78 is 5.88. The van der Waals surface area contributed by atoms with Gasteiger partial charge in [-0.3, -0.25) is 14.4 Å². The number of anilines is 1. The van der Waals surface area contributed by atoms with E-state index in [1.54, 1.807) is 42.5 Å². The van der Waals surface area contributed by atoms with Gasteiger partial charge in [0.1, 0.15) is 17.2 Å². The number of ether oxygens (including phenoxy) is 1. The Morgan fingerprint density at radius 3 is 2.43 bits per heavy atom. The van der Waals surface area contributed by atoms with Crippen molar-refractivity contribution in [2.24, 2.45) is 5.92 Å². The van der Waals surface area contributed by atoms with E-state index in [0.29, 0.717) is 39.8 Å². The molecule has 3 heterocycles. The number of para-hydroxylation sites is 2. The predicted molar refractivity (Wildman–Crippen MR) is 162 cm³/mol. The maximum absolute atomic E-state index is 15.0. The second-order valence-electron chi connectivity index (χ2n) is 10.8. The third-order valence-corrected chi connectivity index (χ3v) is 8.95. The topological polar surface area (TPSA) is 75.7 Å². The van der Waals surface area contributed by atoms with Gasteiger partial charge in [-0.15, -0.1) is 0 Å². The molecule has 42 heavy (non-hydrogen) atoms. The molecule has 0 unspecified atom stereocenters. The molecular formula is C35H27ClN2O4. The summed E-state index contributed by atoms with van der Waals surface area (Å²) in [5, 5.41) is 3.58. The van der Waals surface area contributed by atoms with E-state index < -0.39 is 23.4 Å². The molecule has 0 aliphatic carbocycles. The first-order chi connectivity index (χ1) is 20.5. The van der Waals surface area contributed by atoms with Gasteiger partial charge in [0.15, 0.2) is 11.6 Å². The molecule has 1 spiro atoms. The number of carbonyl (C=O) groups is 3. The number of halogens is 1. The first-order valence-corrected chi connectivity index (χ1v) is 14.4. The summed E-state index contributed by atoms with van der Waals surface area (Å²) in [5.41, 5.74) is 2.52. The molecule has 3 aliphatic heterocycles. The number of benzene rings is 4. The van der Waals surface area contributed by atoms with Gasteiger partial charge >= 0.3 is 0 Å². The Morgan fingerprint density at radius 2 is 1.62 bits per heavy atom. The lowest BCUT2D eigenvalue weighted by molar-refractivity contribution is -0.122. The third-order valence-electron chi connectivity index (χ3n) is 8.70. The third kappa shape index (κ3) is 3.68. The normalized spacial score (nSPS) is 23.2. The standard InChI is InChI=1S/C35H27ClN2O4/c1-2-42-28-14-8-5-11-25(28)32(40)29-30(31(39)22-15-17-23(36)18-16-22)38-20-19-21-9-3-4-10-24(21)33(38)35(29)26-12-6-7-13-27(26)37-34(35)41/h3-20,29-30,33H,2H2,1H3,(H,37,41)/t29-,30+,33-,35-/m0/s1. The average molecular weight is 575 g/mol. The fraction of sp³-hybridized carbons (Fsp3) is 0.171. The minimum Gasteiger partial charge on any atom is -0.493 e. The van der Waals surface area contributed by atoms with Gasteiger partial charge in [-0.25, -0.2) is 0 Å². The Kier molecular flexibility index (Phi) is 6.24. The van der Waals surface area contributed by atoms with Crippen LogP contribution in [-0.4, -0.2) is 35.0 Å². The van der Waals surface area contributed by atoms with Crippen LogP contribution in [0.4, 0.5) is 5.69 Å². The van der Waals surface area contributed by atoms with Crippen molar-refractivity contribution in [1.29, 1.82) is 0 Å². The van der Waals surface area contributed by atoms with E-state index in [2.05, 4.69) is 5.32 Å². The molecule has 1 saturated heterocycles. The van der Waals surface area contributed by atoms with Crippen molar-refractivity contribution in [3.8, 4) is 5.75 Å². The van der Waals surface area contributed by atoms with Crippen molar-refractivity contribution in [2.45, 2.75) is 24.4 Å². The second kappa shape index (κ2) is 10.00. The molecule has 4 aromatic carbocycles. The predicted octanol–water partition coefficient (Wildman–Crippen LogP) is 6.72. The number of amides is 1. The van der Waals surface area contributed by atoms with Gasteiger partial charge in [-0.1, -0.05) is 66.2 Å². The Labute approximate surface area is 248 Å². The van der Waals surface area contributed by atoms with E-state index in [1.165, 1.54) is 0 Å². The smallest absolute Gasteiger partial charge is 0.238 e. The summed E-state index contributed by atoms with van der Waals surface area (Å²) in [6.07, 6.45) is 3.81. The van der Waals surface area contributed by atoms with E-state index in [-0.39, 0.29) is 17.5 Å². The van der Waals surface area contributed by atoms with Gasteiger partial charge in [0.05, 0.1) is 24.1 Å². The minimum atomic E-state index is -1.40. The van der Waals surface area contributed by atoms with Gasteiger partial charge in [-0.2, -0.15) is 0 Å². The van der Waals surface area contributed by atoms with Gasteiger partial charge in [-0.05, 0) is 72.2 Å². The molecule has 1 N–H and O–H groups in total. The van der Waals surface area contributed by atoms with Crippen LogP contribution in [0.3, 0.4) is 0 Å². The van der Waals surface area contributed by atoms with Gasteiger partial charge in [0.25, 0.3) is 0 Å². The number of rotatable bonds is 6. The first kappa shape index (κ1) is 26.2.